The van der Waals surface area contributed by atoms with E-state index in [-0.39, 0.29) is 13.1 Å². The number of benzene rings is 2. The Morgan fingerprint density at radius 3 is 1.43 bits per heavy atom. The minimum atomic E-state index is -3.33. The molecule has 0 aliphatic rings. The Hall–Kier alpha value is -3.74. The van der Waals surface area contributed by atoms with Gasteiger partial charge in [-0.1, -0.05) is 81.5 Å². The third kappa shape index (κ3) is 21.7. The first-order valence-electron chi connectivity index (χ1n) is 23.5. The molecule has 0 bridgehead atoms. The molecule has 0 aliphatic heterocycles. The number of thiazole rings is 3. The van der Waals surface area contributed by atoms with E-state index in [0.29, 0.717) is 38.0 Å². The van der Waals surface area contributed by atoms with E-state index in [1.807, 2.05) is 35.6 Å². The first-order valence-corrected chi connectivity index (χ1v) is 42.2. The Morgan fingerprint density at radius 1 is 0.642 bits per heavy atom. The summed E-state index contributed by atoms with van der Waals surface area (Å²) < 4.78 is 103. The zero-order valence-corrected chi connectivity index (χ0v) is 54.9. The van der Waals surface area contributed by atoms with Crippen molar-refractivity contribution in [2.24, 2.45) is 5.73 Å². The van der Waals surface area contributed by atoms with Crippen LogP contribution in [0.2, 0.25) is 14.8 Å². The molecule has 0 saturated heterocycles. The summed E-state index contributed by atoms with van der Waals surface area (Å²) in [5.74, 6) is -2.38. The molecule has 0 fully saturated rings. The maximum atomic E-state index is 13.3. The van der Waals surface area contributed by atoms with E-state index in [0.717, 1.165) is 58.3 Å². The molecule has 438 valence electrons. The minimum absolute atomic E-state index is 0.0856. The number of pyridine rings is 3. The second-order valence-electron chi connectivity index (χ2n) is 18.2. The number of carbonyl (C=O) groups excluding carboxylic acids is 2. The number of aliphatic hydroxyl groups excluding tert-OH is 2. The van der Waals surface area contributed by atoms with Crippen LogP contribution in [0, 0.1) is 0 Å². The van der Waals surface area contributed by atoms with Crippen LogP contribution >= 0.6 is 89.1 Å². The third-order valence-corrected chi connectivity index (χ3v) is 22.3. The monoisotopic (exact) mass is 1490 g/mol. The van der Waals surface area contributed by atoms with Crippen LogP contribution in [0.3, 0.4) is 0 Å². The normalized spacial score (nSPS) is 13.4. The Labute approximate surface area is 506 Å². The van der Waals surface area contributed by atoms with E-state index in [9.17, 15) is 54.2 Å². The fraction of sp³-hybridized carbons (Fsp3) is 0.333. The fourth-order valence-electron chi connectivity index (χ4n) is 6.75. The molecule has 33 heteroatoms. The molecule has 0 radical (unpaired) electrons. The van der Waals surface area contributed by atoms with Gasteiger partial charge < -0.3 is 16.2 Å². The SMILES string of the molecule is CS(=O)(=O)NCc1nc2cc(-c3ccc([C@@H](O)[C@@H](CF)NC(=O)C(Cl)Cl)cc3)cnc2s1.CS(=O)(=O)NCc1nc2cc(Br)cnc2s1.NCc1nc2cc(Br)cnc2s1.[CH3][Sn]([CH3])([CH3])[c]1ccc([C@@H](O)[C@@H](CF)NC(=O)C(F)F)cc1. The number of sulfonamides is 2. The van der Waals surface area contributed by atoms with Gasteiger partial charge in [-0.15, -0.1) is 0 Å². The predicted molar refractivity (Wildman–Crippen MR) is 321 cm³/mol. The van der Waals surface area contributed by atoms with Crippen molar-refractivity contribution in [3.8, 4) is 11.1 Å². The number of fused-ring (bicyclic) bond motifs is 3. The quantitative estimate of drug-likeness (QED) is 0.0229. The summed E-state index contributed by atoms with van der Waals surface area (Å²) in [6, 6.07) is 16.8. The number of aromatic nitrogens is 6. The van der Waals surface area contributed by atoms with E-state index in [1.54, 1.807) is 55.0 Å². The molecule has 6 heterocycles. The Balaban J connectivity index is 0.000000212. The van der Waals surface area contributed by atoms with E-state index in [2.05, 4.69) is 91.3 Å². The second-order valence-corrected chi connectivity index (χ2v) is 42.5. The van der Waals surface area contributed by atoms with Crippen LogP contribution in [-0.4, -0.2) is 136 Å². The van der Waals surface area contributed by atoms with Gasteiger partial charge in [-0.05, 0) is 61.2 Å². The standard InChI is InChI=1S/C19H19Cl2FN4O4S2.C11H11F3NO2.C8H8BrN3O2S2.C7H6BrN3S.3CH3.Sn/c1-32(29,30)24-9-15-25-13-6-12(8-23-19(13)31-15)10-2-4-11(5-3-10)16(27)14(7-22)26-18(28)17(20)21;12-6-8(15-11(17)10(13)14)9(16)7-4-2-1-3-5-7;1-16(13,14)11-4-7-12-6-2-5(9)3-10-8(6)15-7;8-4-1-5-7(10-3-4)12-6(2-9)11-5;;;;/h2-6,8,14,16-17,24,27H,7,9H2,1H3,(H,26,28);2-5,8-10,16H,6H2,(H,15,17);2-3,11H,4H2,1H3;1,3H,2,9H2;3*1H3;/t14-,16-;8-,9-;;;;;;/m11....../s1. The van der Waals surface area contributed by atoms with E-state index >= 15 is 0 Å². The average Bonchev–Trinajstić information content (AvgIpc) is 4.24. The molecule has 81 heavy (non-hydrogen) atoms. The number of hydrogen-bond acceptors (Lipinski definition) is 18. The van der Waals surface area contributed by atoms with Gasteiger partial charge in [0, 0.05) is 39.6 Å². The van der Waals surface area contributed by atoms with Crippen molar-refractivity contribution < 1.29 is 54.2 Å². The summed E-state index contributed by atoms with van der Waals surface area (Å²) in [5, 5.41) is 26.7. The number of nitrogens with zero attached hydrogens (tertiary/aromatic N) is 6. The molecule has 0 unspecified atom stereocenters. The van der Waals surface area contributed by atoms with Gasteiger partial charge in [0.2, 0.25) is 20.0 Å². The van der Waals surface area contributed by atoms with Crippen molar-refractivity contribution in [1.29, 1.82) is 0 Å². The van der Waals surface area contributed by atoms with Gasteiger partial charge in [-0.25, -0.2) is 60.6 Å². The fourth-order valence-corrected chi connectivity index (χ4v) is 14.2. The number of aliphatic hydroxyl groups is 2. The molecule has 8 aromatic rings. The summed E-state index contributed by atoms with van der Waals surface area (Å²) in [6.07, 6.45) is 1.42. The van der Waals surface area contributed by atoms with E-state index < -0.39 is 99.1 Å². The topological polar surface area (TPSA) is 294 Å². The van der Waals surface area contributed by atoms with Gasteiger partial charge in [0.25, 0.3) is 5.91 Å². The molecule has 8 N–H and O–H groups in total. The average molecular weight is 1500 g/mol. The maximum absolute atomic E-state index is 13.3. The molecule has 0 aliphatic carbocycles. The van der Waals surface area contributed by atoms with Crippen LogP contribution < -0.4 is 29.4 Å². The predicted octanol–water partition coefficient (Wildman–Crippen LogP) is 8.10. The number of amides is 2. The van der Waals surface area contributed by atoms with Crippen molar-refractivity contribution in [2.75, 3.05) is 25.9 Å². The van der Waals surface area contributed by atoms with Gasteiger partial charge in [-0.2, -0.15) is 0 Å². The van der Waals surface area contributed by atoms with Crippen molar-refractivity contribution in [3.63, 3.8) is 0 Å². The molecule has 0 saturated carbocycles. The van der Waals surface area contributed by atoms with Crippen LogP contribution in [0.4, 0.5) is 17.6 Å². The molecular formula is C48H53Br2Cl2F4N11O8S5Sn. The zero-order chi connectivity index (χ0) is 60.0. The molecule has 4 atom stereocenters. The van der Waals surface area contributed by atoms with Gasteiger partial charge in [0.05, 0.1) is 31.6 Å². The van der Waals surface area contributed by atoms with E-state index in [1.165, 1.54) is 37.6 Å². The first kappa shape index (κ1) is 68.0. The van der Waals surface area contributed by atoms with E-state index in [4.69, 9.17) is 28.9 Å². The van der Waals surface area contributed by atoms with Gasteiger partial charge in [-0.3, -0.25) is 4.79 Å². The molecule has 0 spiro atoms. The number of alkyl halides is 6. The Kier molecular flexibility index (Phi) is 25.9. The number of carbonyl (C=O) groups is 2. The summed E-state index contributed by atoms with van der Waals surface area (Å²) >= 11 is 19.5. The molecule has 6 aromatic heterocycles. The summed E-state index contributed by atoms with van der Waals surface area (Å²) in [7, 11) is -6.51. The zero-order valence-electron chi connectivity index (χ0n) is 43.3. The van der Waals surface area contributed by atoms with Crippen LogP contribution in [0.5, 0.6) is 0 Å². The molecule has 19 nitrogen and oxygen atoms in total. The number of rotatable bonds is 19. The Bertz CT molecular complexity index is 3630. The van der Waals surface area contributed by atoms with Crippen molar-refractivity contribution >= 4 is 174 Å². The van der Waals surface area contributed by atoms with Crippen LogP contribution in [-0.2, 0) is 49.3 Å². The summed E-state index contributed by atoms with van der Waals surface area (Å²) in [6.45, 7) is -1.35. The Morgan fingerprint density at radius 2 is 1.04 bits per heavy atom. The van der Waals surface area contributed by atoms with Crippen LogP contribution in [0.1, 0.15) is 38.4 Å². The number of nitrogens with one attached hydrogen (secondary N) is 4. The summed E-state index contributed by atoms with van der Waals surface area (Å²) in [5.41, 5.74) is 10.1. The number of nitrogens with two attached hydrogens (primary N) is 1. The first-order chi connectivity index (χ1) is 38.0. The second kappa shape index (κ2) is 30.9. The molecule has 8 rings (SSSR count). The summed E-state index contributed by atoms with van der Waals surface area (Å²) in [4.78, 5) is 56.0. The molecular weight excluding hydrogens is 1440 g/mol. The van der Waals surface area contributed by atoms with Crippen molar-refractivity contribution in [3.05, 3.63) is 120 Å². The molecule has 2 aromatic carbocycles. The molecule has 2 amide bonds. The number of hydrogen-bond donors (Lipinski definition) is 7. The van der Waals surface area contributed by atoms with Gasteiger partial charge in [0.15, 0.2) is 4.84 Å². The van der Waals surface area contributed by atoms with Gasteiger partial charge >= 0.3 is 126 Å². The van der Waals surface area contributed by atoms with Crippen molar-refractivity contribution in [2.45, 2.75) is 70.0 Å². The number of halogens is 8. The van der Waals surface area contributed by atoms with Crippen molar-refractivity contribution in [1.82, 2.24) is 50.0 Å². The third-order valence-electron chi connectivity index (χ3n) is 10.8. The van der Waals surface area contributed by atoms with Crippen LogP contribution in [0.15, 0.2) is 94.3 Å². The van der Waals surface area contributed by atoms with Crippen LogP contribution in [0.25, 0.3) is 42.2 Å². The van der Waals surface area contributed by atoms with Gasteiger partial charge in [0.1, 0.15) is 58.8 Å².